The molecule has 3 rings (SSSR count). The highest BCUT2D eigenvalue weighted by Gasteiger charge is 2.04. The van der Waals surface area contributed by atoms with E-state index in [0.717, 1.165) is 27.8 Å². The number of hydrogen-bond acceptors (Lipinski definition) is 3. The predicted octanol–water partition coefficient (Wildman–Crippen LogP) is 2.35. The molecule has 0 spiro atoms. The van der Waals surface area contributed by atoms with Crippen LogP contribution >= 0.6 is 0 Å². The van der Waals surface area contributed by atoms with Gasteiger partial charge in [0.05, 0.1) is 6.21 Å². The minimum atomic E-state index is -0.0759. The molecule has 5 N–H and O–H groups in total. The molecule has 0 fully saturated rings. The topological polar surface area (TPSA) is 102 Å². The smallest absolute Gasteiger partial charge is 0.211 e. The zero-order chi connectivity index (χ0) is 16.1. The van der Waals surface area contributed by atoms with Gasteiger partial charge in [0.1, 0.15) is 12.4 Å². The number of nitrogens with one attached hydrogen (secondary N) is 1. The molecule has 0 saturated carbocycles. The van der Waals surface area contributed by atoms with E-state index in [1.165, 1.54) is 0 Å². The maximum Gasteiger partial charge on any atom is 0.211 e. The van der Waals surface area contributed by atoms with Crippen LogP contribution in [0.5, 0.6) is 5.75 Å². The lowest BCUT2D eigenvalue weighted by molar-refractivity contribution is 0.306. The van der Waals surface area contributed by atoms with Gasteiger partial charge in [0, 0.05) is 22.7 Å². The minimum Gasteiger partial charge on any atom is -0.489 e. The molecule has 1 aromatic heterocycles. The van der Waals surface area contributed by atoms with Gasteiger partial charge in [-0.05, 0) is 23.8 Å². The molecule has 0 radical (unpaired) electrons. The van der Waals surface area contributed by atoms with Crippen molar-refractivity contribution >= 4 is 23.1 Å². The molecule has 0 saturated heterocycles. The summed E-state index contributed by atoms with van der Waals surface area (Å²) in [5, 5.41) is 8.43. The van der Waals surface area contributed by atoms with E-state index >= 15 is 0 Å². The number of hydrogen-bond donors (Lipinski definition) is 3. The Morgan fingerprint density at radius 1 is 1.13 bits per heavy atom. The van der Waals surface area contributed by atoms with Gasteiger partial charge >= 0.3 is 0 Å². The Morgan fingerprint density at radius 2 is 1.96 bits per heavy atom. The van der Waals surface area contributed by atoms with Gasteiger partial charge in [-0.3, -0.25) is 0 Å². The molecule has 0 bridgehead atoms. The fourth-order valence-corrected chi connectivity index (χ4v) is 2.22. The molecule has 0 aliphatic carbocycles. The number of nitrogens with two attached hydrogens (primary N) is 2. The summed E-state index contributed by atoms with van der Waals surface area (Å²) < 4.78 is 5.84. The van der Waals surface area contributed by atoms with Crippen molar-refractivity contribution in [1.82, 2.24) is 4.98 Å². The predicted molar refractivity (Wildman–Crippen MR) is 92.5 cm³/mol. The fraction of sp³-hybridized carbons (Fsp3) is 0.0588. The van der Waals surface area contributed by atoms with Crippen LogP contribution in [0.3, 0.4) is 0 Å². The lowest BCUT2D eigenvalue weighted by Gasteiger charge is -2.06. The van der Waals surface area contributed by atoms with Crippen molar-refractivity contribution in [2.75, 3.05) is 0 Å². The normalized spacial score (nSPS) is 11.0. The summed E-state index contributed by atoms with van der Waals surface area (Å²) in [7, 11) is 0. The number of aromatic amines is 1. The van der Waals surface area contributed by atoms with Gasteiger partial charge in [-0.1, -0.05) is 30.3 Å². The highest BCUT2D eigenvalue weighted by atomic mass is 16.5. The number of H-pyrrole nitrogens is 1. The van der Waals surface area contributed by atoms with Crippen LogP contribution in [0.4, 0.5) is 0 Å². The number of guanidine groups is 1. The fourth-order valence-electron chi connectivity index (χ4n) is 2.22. The Kier molecular flexibility index (Phi) is 4.24. The molecule has 6 heteroatoms. The first-order valence-corrected chi connectivity index (χ1v) is 7.12. The number of fused-ring (bicyclic) bond motifs is 1. The van der Waals surface area contributed by atoms with Crippen LogP contribution < -0.4 is 16.2 Å². The summed E-state index contributed by atoms with van der Waals surface area (Å²) >= 11 is 0. The quantitative estimate of drug-likeness (QED) is 0.383. The summed E-state index contributed by atoms with van der Waals surface area (Å²) in [6.07, 6.45) is 3.44. The zero-order valence-electron chi connectivity index (χ0n) is 12.4. The molecular weight excluding hydrogens is 290 g/mol. The van der Waals surface area contributed by atoms with E-state index < -0.39 is 0 Å². The van der Waals surface area contributed by atoms with E-state index in [0.29, 0.717) is 6.61 Å². The first kappa shape index (κ1) is 14.6. The van der Waals surface area contributed by atoms with Crippen molar-refractivity contribution in [3.63, 3.8) is 0 Å². The third kappa shape index (κ3) is 3.68. The SMILES string of the molecule is NC(N)=N/N=C/c1c[nH]c2ccc(OCc3ccccc3)cc12. The van der Waals surface area contributed by atoms with Crippen LogP contribution in [-0.4, -0.2) is 17.2 Å². The van der Waals surface area contributed by atoms with Crippen LogP contribution in [0.15, 0.2) is 64.9 Å². The van der Waals surface area contributed by atoms with Gasteiger partial charge in [0.2, 0.25) is 5.96 Å². The molecule has 1 heterocycles. The molecule has 23 heavy (non-hydrogen) atoms. The first-order chi connectivity index (χ1) is 11.2. The van der Waals surface area contributed by atoms with Crippen LogP contribution in [0, 0.1) is 0 Å². The maximum atomic E-state index is 5.84. The van der Waals surface area contributed by atoms with E-state index in [2.05, 4.69) is 15.2 Å². The summed E-state index contributed by atoms with van der Waals surface area (Å²) in [6.45, 7) is 0.522. The molecule has 2 aromatic carbocycles. The van der Waals surface area contributed by atoms with Gasteiger partial charge < -0.3 is 21.2 Å². The van der Waals surface area contributed by atoms with E-state index in [4.69, 9.17) is 16.2 Å². The average molecular weight is 307 g/mol. The highest BCUT2D eigenvalue weighted by molar-refractivity contribution is 5.99. The maximum absolute atomic E-state index is 5.84. The molecule has 0 aliphatic heterocycles. The summed E-state index contributed by atoms with van der Waals surface area (Å²) in [5.41, 5.74) is 13.5. The third-order valence-electron chi connectivity index (χ3n) is 3.30. The first-order valence-electron chi connectivity index (χ1n) is 7.12. The Hall–Kier alpha value is -3.28. The van der Waals surface area contributed by atoms with Crippen LogP contribution in [0.1, 0.15) is 11.1 Å². The van der Waals surface area contributed by atoms with E-state index in [1.54, 1.807) is 6.21 Å². The standard InChI is InChI=1S/C17H17N5O/c18-17(19)22-21-10-13-9-20-16-7-6-14(8-15(13)16)23-11-12-4-2-1-3-5-12/h1-10,20H,11H2,(H4,18,19,22)/b21-10+. The largest absolute Gasteiger partial charge is 0.489 e. The molecule has 0 atom stereocenters. The molecule has 116 valence electrons. The molecular formula is C17H17N5O. The summed E-state index contributed by atoms with van der Waals surface area (Å²) in [5.74, 6) is 0.713. The van der Waals surface area contributed by atoms with Crippen molar-refractivity contribution in [1.29, 1.82) is 0 Å². The Morgan fingerprint density at radius 3 is 2.74 bits per heavy atom. The van der Waals surface area contributed by atoms with E-state index in [1.807, 2.05) is 54.7 Å². The average Bonchev–Trinajstić information content (AvgIpc) is 2.96. The Balaban J connectivity index is 1.80. The lowest BCUT2D eigenvalue weighted by atomic mass is 10.2. The zero-order valence-corrected chi connectivity index (χ0v) is 12.4. The van der Waals surface area contributed by atoms with Crippen LogP contribution in [0.2, 0.25) is 0 Å². The van der Waals surface area contributed by atoms with Crippen molar-refractivity contribution in [3.8, 4) is 5.75 Å². The van der Waals surface area contributed by atoms with Crippen molar-refractivity contribution in [2.45, 2.75) is 6.61 Å². The summed E-state index contributed by atoms with van der Waals surface area (Å²) in [4.78, 5) is 3.17. The second kappa shape index (κ2) is 6.65. The second-order valence-corrected chi connectivity index (χ2v) is 5.00. The van der Waals surface area contributed by atoms with Gasteiger partial charge in [-0.15, -0.1) is 5.10 Å². The molecule has 0 amide bonds. The van der Waals surface area contributed by atoms with Crippen molar-refractivity contribution < 1.29 is 4.74 Å². The van der Waals surface area contributed by atoms with Crippen LogP contribution in [-0.2, 0) is 6.61 Å². The second-order valence-electron chi connectivity index (χ2n) is 5.00. The molecule has 6 nitrogen and oxygen atoms in total. The minimum absolute atomic E-state index is 0.0759. The number of aromatic nitrogens is 1. The van der Waals surface area contributed by atoms with E-state index in [9.17, 15) is 0 Å². The van der Waals surface area contributed by atoms with Crippen LogP contribution in [0.25, 0.3) is 10.9 Å². The Bertz CT molecular complexity index is 848. The Labute approximate surface area is 133 Å². The summed E-state index contributed by atoms with van der Waals surface area (Å²) in [6, 6.07) is 15.9. The monoisotopic (exact) mass is 307 g/mol. The van der Waals surface area contributed by atoms with Gasteiger partial charge in [-0.25, -0.2) is 0 Å². The van der Waals surface area contributed by atoms with Crippen molar-refractivity contribution in [2.24, 2.45) is 21.7 Å². The van der Waals surface area contributed by atoms with Gasteiger partial charge in [-0.2, -0.15) is 5.10 Å². The third-order valence-corrected chi connectivity index (χ3v) is 3.30. The van der Waals surface area contributed by atoms with Gasteiger partial charge in [0.25, 0.3) is 0 Å². The number of ether oxygens (including phenoxy) is 1. The molecule has 0 unspecified atom stereocenters. The molecule has 3 aromatic rings. The van der Waals surface area contributed by atoms with Crippen molar-refractivity contribution in [3.05, 3.63) is 65.9 Å². The lowest BCUT2D eigenvalue weighted by Crippen LogP contribution is -2.21. The number of rotatable bonds is 5. The molecule has 0 aliphatic rings. The number of nitrogens with zero attached hydrogens (tertiary/aromatic N) is 2. The van der Waals surface area contributed by atoms with Gasteiger partial charge in [0.15, 0.2) is 0 Å². The highest BCUT2D eigenvalue weighted by Crippen LogP contribution is 2.23. The van der Waals surface area contributed by atoms with E-state index in [-0.39, 0.29) is 5.96 Å². The number of benzene rings is 2.